The number of amides is 2. The number of carbonyl (C=O) groups is 2. The van der Waals surface area contributed by atoms with Crippen molar-refractivity contribution in [2.45, 2.75) is 6.92 Å². The fourth-order valence-corrected chi connectivity index (χ4v) is 3.44. The quantitative estimate of drug-likeness (QED) is 0.708. The third kappa shape index (κ3) is 3.53. The topological polar surface area (TPSA) is 58.4 Å². The van der Waals surface area contributed by atoms with Crippen molar-refractivity contribution in [2.75, 3.05) is 26.2 Å². The molecule has 0 unspecified atom stereocenters. The van der Waals surface area contributed by atoms with Crippen LogP contribution in [0.3, 0.4) is 0 Å². The molecule has 0 aliphatic carbocycles. The van der Waals surface area contributed by atoms with E-state index in [1.54, 1.807) is 21.4 Å². The number of para-hydroxylation sites is 1. The summed E-state index contributed by atoms with van der Waals surface area (Å²) in [5.74, 6) is -0.0190. The van der Waals surface area contributed by atoms with Crippen molar-refractivity contribution in [1.82, 2.24) is 19.6 Å². The molecule has 2 aromatic carbocycles. The minimum atomic E-state index is -0.0678. The molecule has 1 aromatic heterocycles. The van der Waals surface area contributed by atoms with E-state index in [-0.39, 0.29) is 11.8 Å². The van der Waals surface area contributed by atoms with E-state index < -0.39 is 0 Å². The van der Waals surface area contributed by atoms with Gasteiger partial charge in [-0.1, -0.05) is 48.5 Å². The lowest BCUT2D eigenvalue weighted by molar-refractivity contribution is -0.130. The van der Waals surface area contributed by atoms with Crippen LogP contribution in [0.15, 0.2) is 66.7 Å². The maximum Gasteiger partial charge on any atom is 0.272 e. The van der Waals surface area contributed by atoms with Crippen LogP contribution in [0, 0.1) is 0 Å². The number of hydrogen-bond donors (Lipinski definition) is 0. The zero-order valence-electron chi connectivity index (χ0n) is 15.8. The highest BCUT2D eigenvalue weighted by Crippen LogP contribution is 2.23. The number of rotatable bonds is 3. The number of aromatic nitrogens is 2. The van der Waals surface area contributed by atoms with Gasteiger partial charge in [-0.2, -0.15) is 5.10 Å². The van der Waals surface area contributed by atoms with Crippen molar-refractivity contribution in [3.8, 4) is 16.9 Å². The van der Waals surface area contributed by atoms with Crippen molar-refractivity contribution < 1.29 is 9.59 Å². The highest BCUT2D eigenvalue weighted by Gasteiger charge is 2.26. The van der Waals surface area contributed by atoms with E-state index in [0.717, 1.165) is 16.9 Å². The maximum absolute atomic E-state index is 13.3. The highest BCUT2D eigenvalue weighted by atomic mass is 16.2. The van der Waals surface area contributed by atoms with E-state index in [2.05, 4.69) is 0 Å². The molecular formula is C22H22N4O2. The van der Waals surface area contributed by atoms with E-state index in [9.17, 15) is 9.59 Å². The Morgan fingerprint density at radius 1 is 0.821 bits per heavy atom. The summed E-state index contributed by atoms with van der Waals surface area (Å²) in [6, 6.07) is 21.4. The molecule has 1 aliphatic heterocycles. The van der Waals surface area contributed by atoms with Crippen LogP contribution in [-0.4, -0.2) is 57.6 Å². The van der Waals surface area contributed by atoms with Crippen molar-refractivity contribution in [3.63, 3.8) is 0 Å². The van der Waals surface area contributed by atoms with Crippen LogP contribution in [0.25, 0.3) is 16.9 Å². The molecular weight excluding hydrogens is 352 g/mol. The maximum atomic E-state index is 13.3. The Balaban J connectivity index is 1.68. The van der Waals surface area contributed by atoms with Crippen LogP contribution in [0.4, 0.5) is 0 Å². The molecule has 28 heavy (non-hydrogen) atoms. The monoisotopic (exact) mass is 374 g/mol. The van der Waals surface area contributed by atoms with Crippen LogP contribution in [0.1, 0.15) is 17.4 Å². The summed E-state index contributed by atoms with van der Waals surface area (Å²) in [7, 11) is 0. The summed E-state index contributed by atoms with van der Waals surface area (Å²) in [6.45, 7) is 3.74. The molecule has 1 aliphatic rings. The lowest BCUT2D eigenvalue weighted by Gasteiger charge is -2.34. The molecule has 0 spiro atoms. The molecule has 3 aromatic rings. The van der Waals surface area contributed by atoms with Gasteiger partial charge in [-0.15, -0.1) is 0 Å². The highest BCUT2D eigenvalue weighted by molar-refractivity contribution is 5.94. The van der Waals surface area contributed by atoms with Crippen LogP contribution < -0.4 is 0 Å². The van der Waals surface area contributed by atoms with Crippen molar-refractivity contribution in [2.24, 2.45) is 0 Å². The first-order chi connectivity index (χ1) is 13.6. The van der Waals surface area contributed by atoms with Gasteiger partial charge in [0.05, 0.1) is 11.4 Å². The molecule has 1 saturated heterocycles. The molecule has 142 valence electrons. The third-order valence-electron chi connectivity index (χ3n) is 5.01. The largest absolute Gasteiger partial charge is 0.339 e. The predicted octanol–water partition coefficient (Wildman–Crippen LogP) is 2.84. The first-order valence-electron chi connectivity index (χ1n) is 9.39. The Kier molecular flexibility index (Phi) is 4.93. The number of benzene rings is 2. The van der Waals surface area contributed by atoms with Gasteiger partial charge in [0.2, 0.25) is 5.91 Å². The summed E-state index contributed by atoms with van der Waals surface area (Å²) in [4.78, 5) is 28.4. The van der Waals surface area contributed by atoms with Gasteiger partial charge in [-0.3, -0.25) is 9.59 Å². The summed E-state index contributed by atoms with van der Waals surface area (Å²) >= 11 is 0. The van der Waals surface area contributed by atoms with E-state index in [1.807, 2.05) is 66.7 Å². The minimum absolute atomic E-state index is 0.0489. The van der Waals surface area contributed by atoms with Gasteiger partial charge in [0, 0.05) is 38.7 Å². The van der Waals surface area contributed by atoms with Crippen LogP contribution in [-0.2, 0) is 4.79 Å². The van der Waals surface area contributed by atoms with Crippen molar-refractivity contribution >= 4 is 11.8 Å². The van der Waals surface area contributed by atoms with Gasteiger partial charge in [0.1, 0.15) is 5.69 Å². The second-order valence-corrected chi connectivity index (χ2v) is 6.83. The lowest BCUT2D eigenvalue weighted by atomic mass is 10.1. The zero-order chi connectivity index (χ0) is 19.5. The predicted molar refractivity (Wildman–Crippen MR) is 107 cm³/mol. The lowest BCUT2D eigenvalue weighted by Crippen LogP contribution is -2.50. The Morgan fingerprint density at radius 3 is 2.00 bits per heavy atom. The van der Waals surface area contributed by atoms with Crippen LogP contribution in [0.5, 0.6) is 0 Å². The molecule has 2 heterocycles. The third-order valence-corrected chi connectivity index (χ3v) is 5.01. The summed E-state index contributed by atoms with van der Waals surface area (Å²) < 4.78 is 1.71. The van der Waals surface area contributed by atoms with E-state index >= 15 is 0 Å². The Labute approximate surface area is 164 Å². The van der Waals surface area contributed by atoms with Gasteiger partial charge in [-0.25, -0.2) is 4.68 Å². The fraction of sp³-hybridized carbons (Fsp3) is 0.227. The normalized spacial score (nSPS) is 14.2. The summed E-state index contributed by atoms with van der Waals surface area (Å²) in [5, 5.41) is 4.71. The average molecular weight is 374 g/mol. The molecule has 2 amide bonds. The van der Waals surface area contributed by atoms with Gasteiger partial charge < -0.3 is 9.80 Å². The second kappa shape index (κ2) is 7.68. The average Bonchev–Trinajstić information content (AvgIpc) is 3.20. The van der Waals surface area contributed by atoms with Gasteiger partial charge >= 0.3 is 0 Å². The van der Waals surface area contributed by atoms with Crippen LogP contribution >= 0.6 is 0 Å². The first kappa shape index (κ1) is 18.0. The smallest absolute Gasteiger partial charge is 0.272 e. The molecule has 0 N–H and O–H groups in total. The van der Waals surface area contributed by atoms with Crippen LogP contribution in [0.2, 0.25) is 0 Å². The molecule has 0 atom stereocenters. The Morgan fingerprint density at radius 2 is 1.39 bits per heavy atom. The molecule has 1 fully saturated rings. The van der Waals surface area contributed by atoms with E-state index in [0.29, 0.717) is 31.9 Å². The number of carbonyl (C=O) groups excluding carboxylic acids is 2. The van der Waals surface area contributed by atoms with E-state index in [1.165, 1.54) is 0 Å². The fourth-order valence-electron chi connectivity index (χ4n) is 3.44. The molecule has 6 heteroatoms. The first-order valence-corrected chi connectivity index (χ1v) is 9.39. The van der Waals surface area contributed by atoms with E-state index in [4.69, 9.17) is 5.10 Å². The summed E-state index contributed by atoms with van der Waals surface area (Å²) in [6.07, 6.45) is 0. The summed E-state index contributed by atoms with van der Waals surface area (Å²) in [5.41, 5.74) is 3.10. The molecule has 6 nitrogen and oxygen atoms in total. The Bertz CT molecular complexity index is 974. The molecule has 4 rings (SSSR count). The standard InChI is InChI=1S/C22H22N4O2/c1-17(27)24-12-14-25(15-13-24)22(28)21-16-20(18-8-4-2-5-9-18)23-26(21)19-10-6-3-7-11-19/h2-11,16H,12-15H2,1H3. The number of piperazine rings is 1. The van der Waals surface area contributed by atoms with Crippen molar-refractivity contribution in [3.05, 3.63) is 72.4 Å². The molecule has 0 radical (unpaired) electrons. The Hall–Kier alpha value is -3.41. The number of hydrogen-bond acceptors (Lipinski definition) is 3. The molecule has 0 saturated carbocycles. The zero-order valence-corrected chi connectivity index (χ0v) is 15.8. The SMILES string of the molecule is CC(=O)N1CCN(C(=O)c2cc(-c3ccccc3)nn2-c2ccccc2)CC1. The van der Waals surface area contributed by atoms with Gasteiger partial charge in [0.25, 0.3) is 5.91 Å². The second-order valence-electron chi connectivity index (χ2n) is 6.83. The van der Waals surface area contributed by atoms with Gasteiger partial charge in [0.15, 0.2) is 0 Å². The van der Waals surface area contributed by atoms with Crippen molar-refractivity contribution in [1.29, 1.82) is 0 Å². The minimum Gasteiger partial charge on any atom is -0.339 e. The number of nitrogens with zero attached hydrogens (tertiary/aromatic N) is 4. The molecule has 0 bridgehead atoms. The van der Waals surface area contributed by atoms with Gasteiger partial charge in [-0.05, 0) is 18.2 Å².